The van der Waals surface area contributed by atoms with E-state index in [1.54, 1.807) is 33.3 Å². The van der Waals surface area contributed by atoms with Gasteiger partial charge in [0.15, 0.2) is 11.5 Å². The molecule has 0 bridgehead atoms. The Labute approximate surface area is 233 Å². The summed E-state index contributed by atoms with van der Waals surface area (Å²) in [5.74, 6) is 1.59. The minimum atomic E-state index is -3.95. The second-order valence-electron chi connectivity index (χ2n) is 11.5. The predicted molar refractivity (Wildman–Crippen MR) is 153 cm³/mol. The highest BCUT2D eigenvalue weighted by Gasteiger charge is 2.58. The van der Waals surface area contributed by atoms with Gasteiger partial charge in [0.2, 0.25) is 0 Å². The summed E-state index contributed by atoms with van der Waals surface area (Å²) in [4.78, 5) is 17.6. The van der Waals surface area contributed by atoms with E-state index >= 15 is 0 Å². The summed E-state index contributed by atoms with van der Waals surface area (Å²) in [6.07, 6.45) is 1.27. The van der Waals surface area contributed by atoms with Gasteiger partial charge >= 0.3 is 10.1 Å². The van der Waals surface area contributed by atoms with Gasteiger partial charge in [-0.2, -0.15) is 8.42 Å². The number of anilines is 1. The third-order valence-corrected chi connectivity index (χ3v) is 10.5. The van der Waals surface area contributed by atoms with Crippen molar-refractivity contribution in [3.05, 3.63) is 48.0 Å². The number of carbonyl (C=O) groups is 1. The van der Waals surface area contributed by atoms with Crippen LogP contribution in [0.2, 0.25) is 0 Å². The molecule has 1 heterocycles. The summed E-state index contributed by atoms with van der Waals surface area (Å²) in [7, 11) is -0.676. The Morgan fingerprint density at radius 3 is 2.13 bits per heavy atom. The molecule has 0 amide bonds. The van der Waals surface area contributed by atoms with Gasteiger partial charge in [-0.25, -0.2) is 0 Å². The Kier molecular flexibility index (Phi) is 8.52. The highest BCUT2D eigenvalue weighted by atomic mass is 32.2. The molecule has 214 valence electrons. The van der Waals surface area contributed by atoms with Crippen LogP contribution in [0.5, 0.6) is 17.2 Å². The first kappa shape index (κ1) is 29.2. The molecule has 1 saturated heterocycles. The third-order valence-electron chi connectivity index (χ3n) is 9.10. The lowest BCUT2D eigenvalue weighted by Gasteiger charge is -2.39. The predicted octanol–water partition coefficient (Wildman–Crippen LogP) is 4.77. The van der Waals surface area contributed by atoms with E-state index in [-0.39, 0.29) is 23.2 Å². The Morgan fingerprint density at radius 2 is 1.56 bits per heavy atom. The van der Waals surface area contributed by atoms with Gasteiger partial charge in [0.05, 0.1) is 20.0 Å². The van der Waals surface area contributed by atoms with Crippen molar-refractivity contribution >= 4 is 21.6 Å². The van der Waals surface area contributed by atoms with Gasteiger partial charge in [0.1, 0.15) is 11.5 Å². The van der Waals surface area contributed by atoms with Crippen LogP contribution in [0.15, 0.2) is 42.5 Å². The van der Waals surface area contributed by atoms with Crippen LogP contribution in [0, 0.1) is 16.7 Å². The molecule has 8 nitrogen and oxygen atoms in total. The van der Waals surface area contributed by atoms with E-state index < -0.39 is 20.9 Å². The normalized spacial score (nSPS) is 23.6. The summed E-state index contributed by atoms with van der Waals surface area (Å²) < 4.78 is 42.3. The summed E-state index contributed by atoms with van der Waals surface area (Å²) in [5.41, 5.74) is 0.810. The van der Waals surface area contributed by atoms with Crippen LogP contribution in [0.1, 0.15) is 46.1 Å². The minimum Gasteiger partial charge on any atom is -0.493 e. The maximum absolute atomic E-state index is 13.0. The van der Waals surface area contributed by atoms with E-state index in [1.807, 2.05) is 38.1 Å². The molecular formula is C30H42N2O6S. The lowest BCUT2D eigenvalue weighted by Crippen LogP contribution is -2.46. The van der Waals surface area contributed by atoms with Crippen LogP contribution in [0.4, 0.5) is 5.69 Å². The first-order valence-corrected chi connectivity index (χ1v) is 15.2. The molecule has 0 spiro atoms. The van der Waals surface area contributed by atoms with Gasteiger partial charge in [-0.3, -0.25) is 9.69 Å². The largest absolute Gasteiger partial charge is 0.493 e. The summed E-state index contributed by atoms with van der Waals surface area (Å²) in [6, 6.07) is 13.2. The van der Waals surface area contributed by atoms with Crippen molar-refractivity contribution in [2.24, 2.45) is 16.7 Å². The average molecular weight is 559 g/mol. The number of ether oxygens (including phenoxy) is 2. The molecule has 2 atom stereocenters. The quantitative estimate of drug-likeness (QED) is 0.386. The maximum Gasteiger partial charge on any atom is 0.310 e. The number of methoxy groups -OCH3 is 2. The van der Waals surface area contributed by atoms with Gasteiger partial charge in [0, 0.05) is 50.2 Å². The molecule has 39 heavy (non-hydrogen) atoms. The van der Waals surface area contributed by atoms with Gasteiger partial charge < -0.3 is 18.6 Å². The Hall–Kier alpha value is -2.78. The van der Waals surface area contributed by atoms with Crippen LogP contribution in [0.25, 0.3) is 0 Å². The molecule has 2 unspecified atom stereocenters. The average Bonchev–Trinajstić information content (AvgIpc) is 3.07. The SMILES string of the molecule is CCC1CC(=O)C(C)(CS(=O)(=O)Oc2ccc(N3CCN(Cc4ccc(OC)c(OC)c4)CC3)cc2)C1(C)C. The van der Waals surface area contributed by atoms with E-state index in [1.165, 1.54) is 5.56 Å². The minimum absolute atomic E-state index is 0.00661. The number of rotatable bonds is 10. The fourth-order valence-electron chi connectivity index (χ4n) is 6.08. The fourth-order valence-corrected chi connectivity index (χ4v) is 7.78. The number of Topliss-reactive ketones (excluding diaryl/α,β-unsaturated/α-hetero) is 1. The van der Waals surface area contributed by atoms with Gasteiger partial charge in [0.25, 0.3) is 0 Å². The number of hydrogen-bond donors (Lipinski definition) is 0. The highest BCUT2D eigenvalue weighted by Crippen LogP contribution is 2.55. The van der Waals surface area contributed by atoms with E-state index in [4.69, 9.17) is 13.7 Å². The number of nitrogens with zero attached hydrogens (tertiary/aromatic N) is 2. The lowest BCUT2D eigenvalue weighted by atomic mass is 9.66. The molecule has 2 fully saturated rings. The standard InChI is InChI=1S/C30H42N2O6S/c1-7-23-19-28(33)30(4,29(23,2)3)21-39(34,35)38-25-11-9-24(10-12-25)32-16-14-31(15-17-32)20-22-8-13-26(36-5)27(18-22)37-6/h8-13,18,23H,7,14-17,19-21H2,1-6H3. The summed E-state index contributed by atoms with van der Waals surface area (Å²) in [5, 5.41) is 0. The first-order valence-electron chi connectivity index (χ1n) is 13.7. The van der Waals surface area contributed by atoms with Crippen molar-refractivity contribution in [2.45, 2.75) is 47.1 Å². The molecule has 2 aromatic carbocycles. The molecule has 9 heteroatoms. The zero-order valence-corrected chi connectivity index (χ0v) is 24.8. The molecule has 1 aliphatic carbocycles. The molecule has 0 N–H and O–H groups in total. The molecule has 2 aliphatic rings. The van der Waals surface area contributed by atoms with Gasteiger partial charge in [-0.1, -0.05) is 40.2 Å². The molecule has 1 saturated carbocycles. The molecule has 0 radical (unpaired) electrons. The van der Waals surface area contributed by atoms with Crippen LogP contribution >= 0.6 is 0 Å². The second kappa shape index (κ2) is 11.4. The van der Waals surface area contributed by atoms with Gasteiger partial charge in [-0.15, -0.1) is 0 Å². The molecule has 2 aromatic rings. The maximum atomic E-state index is 13.0. The number of ketones is 1. The second-order valence-corrected chi connectivity index (χ2v) is 13.1. The van der Waals surface area contributed by atoms with Crippen molar-refractivity contribution in [3.63, 3.8) is 0 Å². The first-order chi connectivity index (χ1) is 18.4. The monoisotopic (exact) mass is 558 g/mol. The lowest BCUT2D eigenvalue weighted by molar-refractivity contribution is -0.126. The number of carbonyl (C=O) groups excluding carboxylic acids is 1. The Balaban J connectivity index is 1.33. The van der Waals surface area contributed by atoms with Crippen molar-refractivity contribution in [3.8, 4) is 17.2 Å². The van der Waals surface area contributed by atoms with E-state index in [0.29, 0.717) is 6.42 Å². The summed E-state index contributed by atoms with van der Waals surface area (Å²) >= 11 is 0. The Morgan fingerprint density at radius 1 is 0.923 bits per heavy atom. The molecule has 0 aromatic heterocycles. The van der Waals surface area contributed by atoms with Crippen molar-refractivity contribution in [1.82, 2.24) is 4.90 Å². The smallest absolute Gasteiger partial charge is 0.310 e. The number of hydrogen-bond acceptors (Lipinski definition) is 8. The van der Waals surface area contributed by atoms with Crippen molar-refractivity contribution in [2.75, 3.05) is 51.1 Å². The zero-order valence-electron chi connectivity index (χ0n) is 24.0. The number of benzene rings is 2. The van der Waals surface area contributed by atoms with Crippen molar-refractivity contribution in [1.29, 1.82) is 0 Å². The zero-order chi connectivity index (χ0) is 28.4. The highest BCUT2D eigenvalue weighted by molar-refractivity contribution is 7.87. The summed E-state index contributed by atoms with van der Waals surface area (Å²) in [6.45, 7) is 12.2. The Bertz CT molecular complexity index is 1270. The van der Waals surface area contributed by atoms with Crippen LogP contribution in [-0.2, 0) is 21.5 Å². The van der Waals surface area contributed by atoms with E-state index in [9.17, 15) is 13.2 Å². The fraction of sp³-hybridized carbons (Fsp3) is 0.567. The molecular weight excluding hydrogens is 516 g/mol. The molecule has 1 aliphatic heterocycles. The van der Waals surface area contributed by atoms with Gasteiger partial charge in [-0.05, 0) is 53.3 Å². The van der Waals surface area contributed by atoms with Crippen LogP contribution in [0.3, 0.4) is 0 Å². The number of piperazine rings is 1. The molecule has 4 rings (SSSR count). The van der Waals surface area contributed by atoms with Crippen LogP contribution in [-0.4, -0.2) is 65.3 Å². The van der Waals surface area contributed by atoms with Crippen LogP contribution < -0.4 is 18.6 Å². The third kappa shape index (κ3) is 6.04. The topological polar surface area (TPSA) is 85.4 Å². The van der Waals surface area contributed by atoms with E-state index in [0.717, 1.165) is 56.3 Å². The van der Waals surface area contributed by atoms with E-state index in [2.05, 4.69) is 22.8 Å². The van der Waals surface area contributed by atoms with Crippen molar-refractivity contribution < 1.29 is 26.9 Å².